The fourth-order valence-corrected chi connectivity index (χ4v) is 9.24. The largest absolute Gasteiger partial charge is 0.392 e. The van der Waals surface area contributed by atoms with Crippen molar-refractivity contribution >= 4 is 31.4 Å². The van der Waals surface area contributed by atoms with Gasteiger partial charge in [-0.3, -0.25) is 0 Å². The number of aliphatic hydroxyl groups is 1. The first-order chi connectivity index (χ1) is 15.8. The van der Waals surface area contributed by atoms with Crippen molar-refractivity contribution in [1.82, 2.24) is 0 Å². The standard InChI is InChI=1S/C27H39B4F3O/c1-15(6-7-16(2)27(32,33)34)18-9-10-19-17-8-11-21-23(4,20(17)12-13-22(18,19)3)14-25(28,29)24(5,35)26(21,30)31/h11,15-20,35H,6-10,12-14H2,1-5H3/t15-,16?,17?,18?,19?,20?,22?,23?,24+/m1/s1. The van der Waals surface area contributed by atoms with Crippen LogP contribution < -0.4 is 0 Å². The molecule has 0 amide bonds. The Bertz CT molecular complexity index is 869. The monoisotopic (exact) mass is 480 g/mol. The average molecular weight is 480 g/mol. The summed E-state index contributed by atoms with van der Waals surface area (Å²) in [7, 11) is 26.2. The van der Waals surface area contributed by atoms with E-state index in [-0.39, 0.29) is 17.8 Å². The van der Waals surface area contributed by atoms with Gasteiger partial charge < -0.3 is 5.11 Å². The molecule has 4 aliphatic rings. The predicted molar refractivity (Wildman–Crippen MR) is 139 cm³/mol. The number of fused-ring (bicyclic) bond motifs is 5. The minimum atomic E-state index is -4.12. The zero-order chi connectivity index (χ0) is 26.4. The van der Waals surface area contributed by atoms with Gasteiger partial charge in [0.25, 0.3) is 0 Å². The molecule has 0 aliphatic heterocycles. The minimum Gasteiger partial charge on any atom is -0.392 e. The fraction of sp³-hybridized carbons (Fsp3) is 0.926. The molecule has 1 nitrogen and oxygen atoms in total. The van der Waals surface area contributed by atoms with Gasteiger partial charge in [-0.25, -0.2) is 0 Å². The topological polar surface area (TPSA) is 20.2 Å². The summed E-state index contributed by atoms with van der Waals surface area (Å²) < 4.78 is 39.2. The van der Waals surface area contributed by atoms with Gasteiger partial charge in [-0.15, -0.1) is 0 Å². The summed E-state index contributed by atoms with van der Waals surface area (Å²) in [4.78, 5) is 0. The molecular formula is C27H39B4F3O. The molecule has 9 atom stereocenters. The molecule has 0 aromatic heterocycles. The van der Waals surface area contributed by atoms with Crippen LogP contribution in [-0.4, -0.2) is 48.3 Å². The van der Waals surface area contributed by atoms with E-state index in [1.54, 1.807) is 6.92 Å². The van der Waals surface area contributed by atoms with E-state index < -0.39 is 33.5 Å². The number of rotatable bonds is 4. The summed E-state index contributed by atoms with van der Waals surface area (Å²) in [6, 6.07) is 0. The van der Waals surface area contributed by atoms with Crippen molar-refractivity contribution in [1.29, 1.82) is 0 Å². The molecule has 35 heavy (non-hydrogen) atoms. The lowest BCUT2D eigenvalue weighted by atomic mass is 9.23. The third-order valence-electron chi connectivity index (χ3n) is 11.7. The van der Waals surface area contributed by atoms with Gasteiger partial charge in [-0.1, -0.05) is 56.2 Å². The second-order valence-corrected chi connectivity index (χ2v) is 13.5. The molecule has 3 fully saturated rings. The molecule has 0 aromatic rings. The molecule has 0 aromatic carbocycles. The zero-order valence-electron chi connectivity index (χ0n) is 22.1. The molecule has 1 N–H and O–H groups in total. The van der Waals surface area contributed by atoms with Crippen LogP contribution in [0.3, 0.4) is 0 Å². The van der Waals surface area contributed by atoms with Crippen molar-refractivity contribution in [3.05, 3.63) is 11.6 Å². The normalized spacial score (nSPS) is 46.0. The maximum atomic E-state index is 13.1. The van der Waals surface area contributed by atoms with E-state index >= 15 is 0 Å². The number of halogens is 3. The van der Waals surface area contributed by atoms with E-state index in [2.05, 4.69) is 26.8 Å². The van der Waals surface area contributed by atoms with Gasteiger partial charge in [0.2, 0.25) is 0 Å². The summed E-state index contributed by atoms with van der Waals surface area (Å²) in [5, 5.41) is 8.25. The van der Waals surface area contributed by atoms with Gasteiger partial charge in [0, 0.05) is 5.60 Å². The Kier molecular flexibility index (Phi) is 6.64. The van der Waals surface area contributed by atoms with Crippen molar-refractivity contribution in [3.8, 4) is 0 Å². The van der Waals surface area contributed by atoms with Gasteiger partial charge in [0.1, 0.15) is 0 Å². The van der Waals surface area contributed by atoms with Crippen molar-refractivity contribution in [3.63, 3.8) is 0 Å². The molecular weight excluding hydrogens is 441 g/mol. The summed E-state index contributed by atoms with van der Waals surface area (Å²) >= 11 is 0. The summed E-state index contributed by atoms with van der Waals surface area (Å²) in [6.07, 6.45) is 4.31. The maximum absolute atomic E-state index is 13.1. The van der Waals surface area contributed by atoms with Crippen LogP contribution in [0, 0.1) is 46.3 Å². The molecule has 4 rings (SSSR count). The van der Waals surface area contributed by atoms with E-state index in [1.807, 2.05) is 0 Å². The molecule has 4 aliphatic carbocycles. The second-order valence-electron chi connectivity index (χ2n) is 13.5. The highest BCUT2D eigenvalue weighted by molar-refractivity contribution is 6.48. The fourth-order valence-electron chi connectivity index (χ4n) is 9.24. The Morgan fingerprint density at radius 3 is 2.23 bits per heavy atom. The van der Waals surface area contributed by atoms with Gasteiger partial charge in [-0.05, 0) is 92.3 Å². The highest BCUT2D eigenvalue weighted by Crippen LogP contribution is 2.73. The Balaban J connectivity index is 1.58. The number of hydrogen-bond acceptors (Lipinski definition) is 1. The predicted octanol–water partition coefficient (Wildman–Crippen LogP) is 6.06. The van der Waals surface area contributed by atoms with Crippen molar-refractivity contribution in [2.75, 3.05) is 0 Å². The van der Waals surface area contributed by atoms with Gasteiger partial charge in [0.15, 0.2) is 0 Å². The van der Waals surface area contributed by atoms with Crippen LogP contribution in [0.5, 0.6) is 0 Å². The Labute approximate surface area is 215 Å². The molecule has 186 valence electrons. The van der Waals surface area contributed by atoms with Crippen LogP contribution in [0.15, 0.2) is 11.6 Å². The Morgan fingerprint density at radius 1 is 1.00 bits per heavy atom. The van der Waals surface area contributed by atoms with E-state index in [4.69, 9.17) is 31.4 Å². The highest BCUT2D eigenvalue weighted by atomic mass is 19.4. The maximum Gasteiger partial charge on any atom is 0.391 e. The first-order valence-corrected chi connectivity index (χ1v) is 13.5. The van der Waals surface area contributed by atoms with Gasteiger partial charge in [-0.2, -0.15) is 13.2 Å². The number of hydrogen-bond donors (Lipinski definition) is 1. The summed E-state index contributed by atoms with van der Waals surface area (Å²) in [6.45, 7) is 9.55. The summed E-state index contributed by atoms with van der Waals surface area (Å²) in [5.74, 6) is 0.697. The lowest BCUT2D eigenvalue weighted by Crippen LogP contribution is -2.63. The molecule has 0 bridgehead atoms. The lowest BCUT2D eigenvalue weighted by molar-refractivity contribution is -0.172. The van der Waals surface area contributed by atoms with Crippen molar-refractivity contribution < 1.29 is 18.3 Å². The minimum absolute atomic E-state index is 0.120. The molecule has 0 heterocycles. The van der Waals surface area contributed by atoms with E-state index in [0.717, 1.165) is 37.7 Å². The molecule has 3 saturated carbocycles. The second kappa shape index (κ2) is 8.37. The van der Waals surface area contributed by atoms with Crippen LogP contribution in [0.4, 0.5) is 13.2 Å². The molecule has 7 unspecified atom stereocenters. The Hall–Kier alpha value is -0.250. The van der Waals surface area contributed by atoms with E-state index in [9.17, 15) is 18.3 Å². The number of allylic oxidation sites excluding steroid dienone is 1. The van der Waals surface area contributed by atoms with Crippen molar-refractivity contribution in [2.24, 2.45) is 46.3 Å². The highest BCUT2D eigenvalue weighted by Gasteiger charge is 2.65. The van der Waals surface area contributed by atoms with Crippen molar-refractivity contribution in [2.45, 2.75) is 108 Å². The van der Waals surface area contributed by atoms with Crippen LogP contribution in [-0.2, 0) is 0 Å². The molecule has 0 spiro atoms. The van der Waals surface area contributed by atoms with Crippen LogP contribution in [0.1, 0.15) is 86.0 Å². The summed E-state index contributed by atoms with van der Waals surface area (Å²) in [5.41, 5.74) is -1.06. The first-order valence-electron chi connectivity index (χ1n) is 13.5. The smallest absolute Gasteiger partial charge is 0.391 e. The number of alkyl halides is 3. The SMILES string of the molecule is [B]C1([B])CC2(C)C(=CCC3C2CCC2(C)C3CCC2[C@H](C)CCC(C)C(F)(F)F)C([B])([B])[C@@]1(C)O. The lowest BCUT2D eigenvalue weighted by Gasteiger charge is -2.68. The molecule has 0 saturated heterocycles. The first kappa shape index (κ1) is 27.8. The van der Waals surface area contributed by atoms with Gasteiger partial charge >= 0.3 is 6.18 Å². The van der Waals surface area contributed by atoms with Crippen LogP contribution in [0.2, 0.25) is 10.4 Å². The third kappa shape index (κ3) is 3.95. The molecule has 8 radical (unpaired) electrons. The van der Waals surface area contributed by atoms with E-state index in [1.165, 1.54) is 6.92 Å². The Morgan fingerprint density at radius 2 is 1.63 bits per heavy atom. The average Bonchev–Trinajstić information content (AvgIpc) is 3.06. The van der Waals surface area contributed by atoms with E-state index in [0.29, 0.717) is 36.5 Å². The van der Waals surface area contributed by atoms with Gasteiger partial charge in [0.05, 0.1) is 37.3 Å². The van der Waals surface area contributed by atoms with Crippen LogP contribution >= 0.6 is 0 Å². The third-order valence-corrected chi connectivity index (χ3v) is 11.7. The zero-order valence-corrected chi connectivity index (χ0v) is 22.1. The quantitative estimate of drug-likeness (QED) is 0.384. The van der Waals surface area contributed by atoms with Crippen LogP contribution in [0.25, 0.3) is 0 Å². The molecule has 8 heteroatoms.